The molecule has 2 aromatic heterocycles. The predicted molar refractivity (Wildman–Crippen MR) is 105 cm³/mol. The molecule has 0 amide bonds. The normalized spacial score (nSPS) is 12.0. The van der Waals surface area contributed by atoms with Gasteiger partial charge in [0.05, 0.1) is 12.2 Å². The van der Waals surface area contributed by atoms with Crippen LogP contribution in [-0.4, -0.2) is 29.6 Å². The zero-order valence-electron chi connectivity index (χ0n) is 14.8. The van der Waals surface area contributed by atoms with Crippen LogP contribution in [-0.2, 0) is 23.1 Å². The molecule has 0 spiro atoms. The number of thiophene rings is 1. The standard InChI is InChI=1S/C18H20ClN3O2S2/c1-13-16(12-21(3)26(23,24)18-9-6-10-25-18)14(2)22(20-13)11-15-7-4-5-8-17(15)19/h4-10H,11-12H2,1-3H3. The third kappa shape index (κ3) is 3.71. The molecule has 2 heterocycles. The van der Waals surface area contributed by atoms with Crippen LogP contribution in [0.4, 0.5) is 0 Å². The Bertz CT molecular complexity index is 1010. The molecule has 0 unspecified atom stereocenters. The highest BCUT2D eigenvalue weighted by Gasteiger charge is 2.24. The smallest absolute Gasteiger partial charge is 0.252 e. The summed E-state index contributed by atoms with van der Waals surface area (Å²) in [6, 6.07) is 11.0. The molecule has 0 saturated carbocycles. The minimum absolute atomic E-state index is 0.278. The van der Waals surface area contributed by atoms with E-state index in [1.54, 1.807) is 24.6 Å². The minimum atomic E-state index is -3.49. The van der Waals surface area contributed by atoms with Crippen molar-refractivity contribution in [1.82, 2.24) is 14.1 Å². The van der Waals surface area contributed by atoms with E-state index in [4.69, 9.17) is 11.6 Å². The van der Waals surface area contributed by atoms with Gasteiger partial charge in [0.1, 0.15) is 4.21 Å². The summed E-state index contributed by atoms with van der Waals surface area (Å²) in [6.07, 6.45) is 0. The first-order valence-electron chi connectivity index (χ1n) is 8.07. The average molecular weight is 410 g/mol. The Labute approximate surface area is 162 Å². The lowest BCUT2D eigenvalue weighted by atomic mass is 10.2. The summed E-state index contributed by atoms with van der Waals surface area (Å²) >= 11 is 7.47. The highest BCUT2D eigenvalue weighted by atomic mass is 35.5. The molecule has 5 nitrogen and oxygen atoms in total. The van der Waals surface area contributed by atoms with Crippen LogP contribution in [0.2, 0.25) is 5.02 Å². The number of hydrogen-bond donors (Lipinski definition) is 0. The Balaban J connectivity index is 1.86. The molecule has 3 aromatic rings. The van der Waals surface area contributed by atoms with Crippen LogP contribution in [0.5, 0.6) is 0 Å². The van der Waals surface area contributed by atoms with Gasteiger partial charge in [-0.15, -0.1) is 11.3 Å². The van der Waals surface area contributed by atoms with Crippen LogP contribution in [0.3, 0.4) is 0 Å². The van der Waals surface area contributed by atoms with Gasteiger partial charge in [0, 0.05) is 29.9 Å². The van der Waals surface area contributed by atoms with Crippen LogP contribution in [0.15, 0.2) is 46.0 Å². The Hall–Kier alpha value is -1.67. The second-order valence-corrected chi connectivity index (χ2v) is 9.72. The molecule has 138 valence electrons. The van der Waals surface area contributed by atoms with Crippen molar-refractivity contribution in [2.24, 2.45) is 0 Å². The van der Waals surface area contributed by atoms with Crippen LogP contribution in [0.1, 0.15) is 22.5 Å². The first-order chi connectivity index (χ1) is 12.3. The second kappa shape index (κ2) is 7.52. The summed E-state index contributed by atoms with van der Waals surface area (Å²) in [6.45, 7) is 4.68. The third-order valence-electron chi connectivity index (χ3n) is 4.35. The molecule has 1 aromatic carbocycles. The topological polar surface area (TPSA) is 55.2 Å². The van der Waals surface area contributed by atoms with E-state index >= 15 is 0 Å². The Morgan fingerprint density at radius 3 is 2.58 bits per heavy atom. The van der Waals surface area contributed by atoms with Crippen molar-refractivity contribution in [3.05, 3.63) is 69.3 Å². The maximum absolute atomic E-state index is 12.7. The van der Waals surface area contributed by atoms with Gasteiger partial charge in [0.25, 0.3) is 10.0 Å². The van der Waals surface area contributed by atoms with Gasteiger partial charge in [-0.1, -0.05) is 35.9 Å². The van der Waals surface area contributed by atoms with Gasteiger partial charge in [-0.05, 0) is 36.9 Å². The molecule has 0 aliphatic rings. The molecular weight excluding hydrogens is 390 g/mol. The highest BCUT2D eigenvalue weighted by molar-refractivity contribution is 7.91. The van der Waals surface area contributed by atoms with Crippen molar-refractivity contribution in [2.45, 2.75) is 31.1 Å². The van der Waals surface area contributed by atoms with Crippen molar-refractivity contribution in [1.29, 1.82) is 0 Å². The molecule has 0 bridgehead atoms. The molecule has 0 N–H and O–H groups in total. The van der Waals surface area contributed by atoms with Gasteiger partial charge in [-0.3, -0.25) is 4.68 Å². The molecule has 0 saturated heterocycles. The number of nitrogens with zero attached hydrogens (tertiary/aromatic N) is 3. The van der Waals surface area contributed by atoms with Crippen LogP contribution < -0.4 is 0 Å². The average Bonchev–Trinajstić information content (AvgIpc) is 3.22. The number of benzene rings is 1. The number of aryl methyl sites for hydroxylation is 1. The van der Waals surface area contributed by atoms with Gasteiger partial charge >= 0.3 is 0 Å². The van der Waals surface area contributed by atoms with Crippen molar-refractivity contribution in [2.75, 3.05) is 7.05 Å². The number of rotatable bonds is 6. The zero-order valence-corrected chi connectivity index (χ0v) is 17.2. The van der Waals surface area contributed by atoms with E-state index in [-0.39, 0.29) is 6.54 Å². The Kier molecular flexibility index (Phi) is 5.53. The molecule has 26 heavy (non-hydrogen) atoms. The van der Waals surface area contributed by atoms with E-state index in [1.807, 2.05) is 42.8 Å². The molecule has 0 atom stereocenters. The van der Waals surface area contributed by atoms with E-state index in [2.05, 4.69) is 5.10 Å². The van der Waals surface area contributed by atoms with E-state index in [1.165, 1.54) is 15.6 Å². The minimum Gasteiger partial charge on any atom is -0.265 e. The Morgan fingerprint density at radius 2 is 1.92 bits per heavy atom. The van der Waals surface area contributed by atoms with E-state index in [9.17, 15) is 8.42 Å². The first-order valence-corrected chi connectivity index (χ1v) is 10.8. The van der Waals surface area contributed by atoms with Gasteiger partial charge in [0.15, 0.2) is 0 Å². The summed E-state index contributed by atoms with van der Waals surface area (Å²) in [4.78, 5) is 0. The van der Waals surface area contributed by atoms with Crippen molar-refractivity contribution in [3.8, 4) is 0 Å². The summed E-state index contributed by atoms with van der Waals surface area (Å²) in [5.41, 5.74) is 3.66. The molecule has 0 aliphatic heterocycles. The van der Waals surface area contributed by atoms with Crippen molar-refractivity contribution < 1.29 is 8.42 Å². The van der Waals surface area contributed by atoms with Crippen LogP contribution in [0.25, 0.3) is 0 Å². The molecule has 0 fully saturated rings. The maximum Gasteiger partial charge on any atom is 0.252 e. The SMILES string of the molecule is Cc1nn(Cc2ccccc2Cl)c(C)c1CN(C)S(=O)(=O)c1cccs1. The van der Waals surface area contributed by atoms with E-state index in [0.29, 0.717) is 15.8 Å². The fourth-order valence-electron chi connectivity index (χ4n) is 2.78. The summed E-state index contributed by atoms with van der Waals surface area (Å²) in [7, 11) is -1.89. The fourth-order valence-corrected chi connectivity index (χ4v) is 5.31. The predicted octanol–water partition coefficient (Wildman–Crippen LogP) is 4.08. The lowest BCUT2D eigenvalue weighted by molar-refractivity contribution is 0.466. The van der Waals surface area contributed by atoms with Crippen LogP contribution >= 0.6 is 22.9 Å². The molecule has 0 radical (unpaired) electrons. The van der Waals surface area contributed by atoms with E-state index < -0.39 is 10.0 Å². The van der Waals surface area contributed by atoms with Gasteiger partial charge in [-0.2, -0.15) is 9.40 Å². The largest absolute Gasteiger partial charge is 0.265 e. The maximum atomic E-state index is 12.7. The molecular formula is C18H20ClN3O2S2. The lowest BCUT2D eigenvalue weighted by Gasteiger charge is -2.16. The van der Waals surface area contributed by atoms with Crippen molar-refractivity contribution in [3.63, 3.8) is 0 Å². The third-order valence-corrected chi connectivity index (χ3v) is 7.89. The fraction of sp³-hybridized carbons (Fsp3) is 0.278. The summed E-state index contributed by atoms with van der Waals surface area (Å²) < 4.78 is 28.9. The zero-order chi connectivity index (χ0) is 18.9. The molecule has 3 rings (SSSR count). The summed E-state index contributed by atoms with van der Waals surface area (Å²) in [5.74, 6) is 0. The van der Waals surface area contributed by atoms with Gasteiger partial charge in [0.2, 0.25) is 0 Å². The molecule has 0 aliphatic carbocycles. The van der Waals surface area contributed by atoms with Gasteiger partial charge in [-0.25, -0.2) is 8.42 Å². The monoisotopic (exact) mass is 409 g/mol. The van der Waals surface area contributed by atoms with Crippen LogP contribution in [0, 0.1) is 13.8 Å². The number of hydrogen-bond acceptors (Lipinski definition) is 4. The lowest BCUT2D eigenvalue weighted by Crippen LogP contribution is -2.26. The van der Waals surface area contributed by atoms with Crippen molar-refractivity contribution >= 4 is 33.0 Å². The summed E-state index contributed by atoms with van der Waals surface area (Å²) in [5, 5.41) is 7.04. The second-order valence-electron chi connectivity index (χ2n) is 6.09. The van der Waals surface area contributed by atoms with E-state index in [0.717, 1.165) is 22.5 Å². The quantitative estimate of drug-likeness (QED) is 0.616. The highest BCUT2D eigenvalue weighted by Crippen LogP contribution is 2.24. The first kappa shape index (κ1) is 19.1. The Morgan fingerprint density at radius 1 is 1.19 bits per heavy atom. The number of halogens is 1. The number of aromatic nitrogens is 2. The molecule has 8 heteroatoms. The van der Waals surface area contributed by atoms with Gasteiger partial charge < -0.3 is 0 Å². The number of sulfonamides is 1.